The molecule has 0 bridgehead atoms. The average Bonchev–Trinajstić information content (AvgIpc) is 3.06. The lowest BCUT2D eigenvalue weighted by Gasteiger charge is -2.35. The van der Waals surface area contributed by atoms with Gasteiger partial charge in [-0.2, -0.15) is 0 Å². The summed E-state index contributed by atoms with van der Waals surface area (Å²) >= 11 is 0. The third-order valence-corrected chi connectivity index (χ3v) is 4.66. The minimum atomic E-state index is -0.445. The van der Waals surface area contributed by atoms with Gasteiger partial charge in [0.05, 0.1) is 6.20 Å². The Balaban J connectivity index is 1.39. The maximum absolute atomic E-state index is 12.7. The summed E-state index contributed by atoms with van der Waals surface area (Å²) in [6.45, 7) is 2.58. The number of hydrogen-bond acceptors (Lipinski definition) is 6. The molecule has 9 nitrogen and oxygen atoms in total. The first-order valence-electron chi connectivity index (χ1n) is 8.63. The van der Waals surface area contributed by atoms with E-state index in [1.165, 1.54) is 4.90 Å². The van der Waals surface area contributed by atoms with Crippen LogP contribution in [0.5, 0.6) is 0 Å². The fourth-order valence-corrected chi connectivity index (χ4v) is 3.21. The third kappa shape index (κ3) is 3.43. The Bertz CT molecular complexity index is 862. The number of nitrogens with zero attached hydrogens (tertiary/aromatic N) is 5. The smallest absolute Gasteiger partial charge is 0.329 e. The van der Waals surface area contributed by atoms with Crippen LogP contribution in [0.1, 0.15) is 10.4 Å². The molecule has 4 rings (SSSR count). The second-order valence-corrected chi connectivity index (χ2v) is 6.33. The SMILES string of the molecule is O=C1CN(c2ccc(C(=O)N3CCN(c4cnccn4)CC3)cc2)C(=O)N1. The first-order valence-corrected chi connectivity index (χ1v) is 8.63. The Morgan fingerprint density at radius 1 is 1.00 bits per heavy atom. The molecule has 4 amide bonds. The van der Waals surface area contributed by atoms with E-state index >= 15 is 0 Å². The molecule has 0 unspecified atom stereocenters. The molecule has 0 aliphatic carbocycles. The van der Waals surface area contributed by atoms with Crippen molar-refractivity contribution < 1.29 is 14.4 Å². The van der Waals surface area contributed by atoms with E-state index in [2.05, 4.69) is 20.2 Å². The van der Waals surface area contributed by atoms with Crippen LogP contribution in [-0.4, -0.2) is 65.4 Å². The Labute approximate surface area is 155 Å². The van der Waals surface area contributed by atoms with Crippen molar-refractivity contribution in [1.29, 1.82) is 0 Å². The second kappa shape index (κ2) is 7.02. The number of nitrogens with one attached hydrogen (secondary N) is 1. The van der Waals surface area contributed by atoms with Crippen molar-refractivity contribution in [2.75, 3.05) is 42.5 Å². The number of rotatable bonds is 3. The van der Waals surface area contributed by atoms with E-state index < -0.39 is 6.03 Å². The molecule has 2 aliphatic heterocycles. The van der Waals surface area contributed by atoms with E-state index in [0.717, 1.165) is 5.82 Å². The quantitative estimate of drug-likeness (QED) is 0.794. The van der Waals surface area contributed by atoms with E-state index in [9.17, 15) is 14.4 Å². The zero-order valence-corrected chi connectivity index (χ0v) is 14.5. The van der Waals surface area contributed by atoms with Crippen LogP contribution in [0.25, 0.3) is 0 Å². The molecule has 9 heteroatoms. The number of benzene rings is 1. The van der Waals surface area contributed by atoms with Crippen LogP contribution in [0.4, 0.5) is 16.3 Å². The largest absolute Gasteiger partial charge is 0.352 e. The van der Waals surface area contributed by atoms with Gasteiger partial charge in [-0.1, -0.05) is 0 Å². The molecule has 2 saturated heterocycles. The molecule has 0 spiro atoms. The van der Waals surface area contributed by atoms with Gasteiger partial charge in [-0.25, -0.2) is 9.78 Å². The molecule has 2 aliphatic rings. The summed E-state index contributed by atoms with van der Waals surface area (Å²) in [6.07, 6.45) is 5.01. The van der Waals surface area contributed by atoms with Crippen molar-refractivity contribution in [3.63, 3.8) is 0 Å². The predicted octanol–water partition coefficient (Wildman–Crippen LogP) is 0.495. The monoisotopic (exact) mass is 366 g/mol. The topological polar surface area (TPSA) is 98.7 Å². The molecule has 1 N–H and O–H groups in total. The van der Waals surface area contributed by atoms with Crippen molar-refractivity contribution in [2.45, 2.75) is 0 Å². The number of aromatic nitrogens is 2. The highest BCUT2D eigenvalue weighted by Crippen LogP contribution is 2.19. The summed E-state index contributed by atoms with van der Waals surface area (Å²) in [4.78, 5) is 49.3. The predicted molar refractivity (Wildman–Crippen MR) is 97.5 cm³/mol. The van der Waals surface area contributed by atoms with Gasteiger partial charge in [0.1, 0.15) is 12.4 Å². The van der Waals surface area contributed by atoms with Gasteiger partial charge in [-0.15, -0.1) is 0 Å². The number of carbonyl (C=O) groups is 3. The molecule has 1 aromatic carbocycles. The molecule has 138 valence electrons. The van der Waals surface area contributed by atoms with Gasteiger partial charge >= 0.3 is 6.03 Å². The zero-order valence-electron chi connectivity index (χ0n) is 14.5. The summed E-state index contributed by atoms with van der Waals surface area (Å²) in [5.74, 6) is 0.427. The van der Waals surface area contributed by atoms with Crippen molar-refractivity contribution in [2.24, 2.45) is 0 Å². The van der Waals surface area contributed by atoms with Gasteiger partial charge in [0.2, 0.25) is 5.91 Å². The van der Waals surface area contributed by atoms with Gasteiger partial charge in [-0.05, 0) is 24.3 Å². The zero-order chi connectivity index (χ0) is 18.8. The number of urea groups is 1. The third-order valence-electron chi connectivity index (χ3n) is 4.66. The van der Waals surface area contributed by atoms with Gasteiger partial charge in [0.15, 0.2) is 0 Å². The number of anilines is 2. The highest BCUT2D eigenvalue weighted by molar-refractivity contribution is 6.12. The van der Waals surface area contributed by atoms with Gasteiger partial charge in [0.25, 0.3) is 5.91 Å². The fourth-order valence-electron chi connectivity index (χ4n) is 3.21. The molecule has 3 heterocycles. The minimum absolute atomic E-state index is 0.00351. The number of carbonyl (C=O) groups excluding carboxylic acids is 3. The standard InChI is InChI=1S/C18H18N6O3/c25-16-12-24(18(27)21-16)14-3-1-13(2-4-14)17(26)23-9-7-22(8-10-23)15-11-19-5-6-20-15/h1-6,11H,7-10,12H2,(H,21,25,27). The van der Waals surface area contributed by atoms with Crippen molar-refractivity contribution in [3.8, 4) is 0 Å². The molecule has 0 radical (unpaired) electrons. The molecule has 1 aromatic heterocycles. The lowest BCUT2D eigenvalue weighted by molar-refractivity contribution is -0.117. The Kier molecular flexibility index (Phi) is 4.41. The molecule has 0 atom stereocenters. The summed E-state index contributed by atoms with van der Waals surface area (Å²) in [5, 5.41) is 2.23. The molecule has 2 aromatic rings. The van der Waals surface area contributed by atoms with Crippen LogP contribution in [0.2, 0.25) is 0 Å². The number of amides is 4. The lowest BCUT2D eigenvalue weighted by Crippen LogP contribution is -2.49. The first-order chi connectivity index (χ1) is 13.1. The maximum atomic E-state index is 12.7. The van der Waals surface area contributed by atoms with Gasteiger partial charge in [0, 0.05) is 49.8 Å². The van der Waals surface area contributed by atoms with E-state index in [0.29, 0.717) is 37.4 Å². The summed E-state index contributed by atoms with van der Waals surface area (Å²) < 4.78 is 0. The second-order valence-electron chi connectivity index (χ2n) is 6.33. The highest BCUT2D eigenvalue weighted by atomic mass is 16.2. The molecule has 27 heavy (non-hydrogen) atoms. The summed E-state index contributed by atoms with van der Waals surface area (Å²) in [5.41, 5.74) is 1.14. The number of piperazine rings is 1. The van der Waals surface area contributed by atoms with Crippen LogP contribution in [0.3, 0.4) is 0 Å². The first kappa shape index (κ1) is 17.0. The Morgan fingerprint density at radius 3 is 2.33 bits per heavy atom. The van der Waals surface area contributed by atoms with Crippen molar-refractivity contribution in [1.82, 2.24) is 20.2 Å². The normalized spacial score (nSPS) is 17.3. The van der Waals surface area contributed by atoms with Crippen LogP contribution in [0.15, 0.2) is 42.9 Å². The van der Waals surface area contributed by atoms with Gasteiger partial charge < -0.3 is 9.80 Å². The van der Waals surface area contributed by atoms with Crippen LogP contribution < -0.4 is 15.1 Å². The van der Waals surface area contributed by atoms with E-state index in [-0.39, 0.29) is 18.4 Å². The molecular formula is C18H18N6O3. The Morgan fingerprint density at radius 2 is 1.74 bits per heavy atom. The van der Waals surface area contributed by atoms with Gasteiger partial charge in [-0.3, -0.25) is 24.8 Å². The van der Waals surface area contributed by atoms with Crippen LogP contribution in [0, 0.1) is 0 Å². The Hall–Kier alpha value is -3.49. The van der Waals surface area contributed by atoms with E-state index in [1.807, 2.05) is 0 Å². The van der Waals surface area contributed by atoms with Crippen LogP contribution >= 0.6 is 0 Å². The van der Waals surface area contributed by atoms with Crippen molar-refractivity contribution >= 4 is 29.4 Å². The number of hydrogen-bond donors (Lipinski definition) is 1. The molecule has 2 fully saturated rings. The molecular weight excluding hydrogens is 348 g/mol. The summed E-state index contributed by atoms with van der Waals surface area (Å²) in [6, 6.07) is 6.29. The van der Waals surface area contributed by atoms with Crippen molar-refractivity contribution in [3.05, 3.63) is 48.4 Å². The summed E-state index contributed by atoms with van der Waals surface area (Å²) in [7, 11) is 0. The minimum Gasteiger partial charge on any atom is -0.352 e. The average molecular weight is 366 g/mol. The number of imide groups is 1. The van der Waals surface area contributed by atoms with E-state index in [1.54, 1.807) is 47.8 Å². The maximum Gasteiger partial charge on any atom is 0.329 e. The van der Waals surface area contributed by atoms with Crippen LogP contribution in [-0.2, 0) is 4.79 Å². The fraction of sp³-hybridized carbons (Fsp3) is 0.278. The molecule has 0 saturated carbocycles. The highest BCUT2D eigenvalue weighted by Gasteiger charge is 2.28. The van der Waals surface area contributed by atoms with E-state index in [4.69, 9.17) is 0 Å². The lowest BCUT2D eigenvalue weighted by atomic mass is 10.1.